The standard InChI is InChI=1S/C18H11N3O2/c22-17-14-7-1-5-13-6-2-8-15(16(13)14)18(23)21(17)20-11-12-4-3-9-19-10-12/h1-11H/b20-11+. The van der Waals surface area contributed by atoms with E-state index >= 15 is 0 Å². The maximum absolute atomic E-state index is 12.6. The first-order valence-corrected chi connectivity index (χ1v) is 7.10. The van der Waals surface area contributed by atoms with Crippen molar-refractivity contribution < 1.29 is 9.59 Å². The molecule has 0 aliphatic carbocycles. The topological polar surface area (TPSA) is 62.6 Å². The van der Waals surface area contributed by atoms with Crippen LogP contribution in [-0.4, -0.2) is 28.0 Å². The van der Waals surface area contributed by atoms with Crippen LogP contribution in [0.3, 0.4) is 0 Å². The molecule has 5 heteroatoms. The van der Waals surface area contributed by atoms with Gasteiger partial charge in [-0.1, -0.05) is 30.3 Å². The van der Waals surface area contributed by atoms with E-state index in [1.54, 1.807) is 48.8 Å². The van der Waals surface area contributed by atoms with Gasteiger partial charge in [0.15, 0.2) is 0 Å². The summed E-state index contributed by atoms with van der Waals surface area (Å²) in [5.74, 6) is -0.834. The van der Waals surface area contributed by atoms with Gasteiger partial charge in [-0.15, -0.1) is 0 Å². The first-order valence-electron chi connectivity index (χ1n) is 7.10. The molecule has 0 spiro atoms. The van der Waals surface area contributed by atoms with Gasteiger partial charge in [0.2, 0.25) is 0 Å². The number of hydrogen-bond donors (Lipinski definition) is 0. The number of hydrazone groups is 1. The number of hydrogen-bond acceptors (Lipinski definition) is 4. The monoisotopic (exact) mass is 301 g/mol. The minimum absolute atomic E-state index is 0.417. The minimum Gasteiger partial charge on any atom is -0.267 e. The lowest BCUT2D eigenvalue weighted by molar-refractivity contribution is 0.0616. The summed E-state index contributed by atoms with van der Waals surface area (Å²) < 4.78 is 0. The molecule has 110 valence electrons. The van der Waals surface area contributed by atoms with E-state index in [2.05, 4.69) is 10.1 Å². The van der Waals surface area contributed by atoms with Gasteiger partial charge in [-0.3, -0.25) is 14.6 Å². The zero-order chi connectivity index (χ0) is 15.8. The van der Waals surface area contributed by atoms with Crippen LogP contribution in [0.4, 0.5) is 0 Å². The van der Waals surface area contributed by atoms with Gasteiger partial charge < -0.3 is 0 Å². The number of carbonyl (C=O) groups excluding carboxylic acids is 2. The lowest BCUT2D eigenvalue weighted by Crippen LogP contribution is -2.36. The van der Waals surface area contributed by atoms with Crippen molar-refractivity contribution in [2.24, 2.45) is 5.10 Å². The van der Waals surface area contributed by atoms with Gasteiger partial charge in [0.1, 0.15) is 0 Å². The molecule has 23 heavy (non-hydrogen) atoms. The van der Waals surface area contributed by atoms with Gasteiger partial charge in [0.05, 0.1) is 17.3 Å². The Hall–Kier alpha value is -3.34. The van der Waals surface area contributed by atoms with Gasteiger partial charge in [-0.2, -0.15) is 10.1 Å². The molecule has 0 unspecified atom stereocenters. The lowest BCUT2D eigenvalue weighted by Gasteiger charge is -2.22. The Bertz CT molecular complexity index is 914. The highest BCUT2D eigenvalue weighted by atomic mass is 16.2. The number of aromatic nitrogens is 1. The van der Waals surface area contributed by atoms with E-state index in [0.29, 0.717) is 22.1 Å². The number of amides is 2. The van der Waals surface area contributed by atoms with Crippen LogP contribution >= 0.6 is 0 Å². The SMILES string of the molecule is O=C1c2cccc3cccc(c23)C(=O)N1/N=C/c1cccnc1. The average Bonchev–Trinajstić information content (AvgIpc) is 2.60. The van der Waals surface area contributed by atoms with Crippen molar-refractivity contribution in [3.8, 4) is 0 Å². The zero-order valence-corrected chi connectivity index (χ0v) is 12.0. The van der Waals surface area contributed by atoms with Gasteiger partial charge >= 0.3 is 0 Å². The summed E-state index contributed by atoms with van der Waals surface area (Å²) in [7, 11) is 0. The molecule has 0 saturated heterocycles. The highest BCUT2D eigenvalue weighted by molar-refractivity contribution is 6.25. The molecule has 0 fully saturated rings. The predicted octanol–water partition coefficient (Wildman–Crippen LogP) is 2.86. The molecule has 0 radical (unpaired) electrons. The number of imide groups is 1. The van der Waals surface area contributed by atoms with Crippen LogP contribution in [-0.2, 0) is 0 Å². The van der Waals surface area contributed by atoms with Crippen molar-refractivity contribution in [1.29, 1.82) is 0 Å². The Morgan fingerprint density at radius 1 is 0.913 bits per heavy atom. The molecule has 2 amide bonds. The Labute approximate surface area is 131 Å². The van der Waals surface area contributed by atoms with E-state index in [-0.39, 0.29) is 0 Å². The summed E-state index contributed by atoms with van der Waals surface area (Å²) in [6.07, 6.45) is 4.71. The molecular weight excluding hydrogens is 290 g/mol. The van der Waals surface area contributed by atoms with E-state index in [0.717, 1.165) is 10.4 Å². The second kappa shape index (κ2) is 5.14. The first-order chi connectivity index (χ1) is 11.3. The fourth-order valence-corrected chi connectivity index (χ4v) is 2.70. The molecule has 1 aromatic heterocycles. The number of benzene rings is 2. The Morgan fingerprint density at radius 2 is 1.61 bits per heavy atom. The second-order valence-electron chi connectivity index (χ2n) is 5.16. The normalized spacial score (nSPS) is 14.0. The number of rotatable bonds is 2. The molecule has 2 aromatic carbocycles. The Kier molecular flexibility index (Phi) is 2.98. The Morgan fingerprint density at radius 3 is 2.22 bits per heavy atom. The van der Waals surface area contributed by atoms with E-state index in [1.165, 1.54) is 6.21 Å². The molecule has 3 aromatic rings. The summed E-state index contributed by atoms with van der Waals surface area (Å²) in [5, 5.41) is 6.54. The maximum atomic E-state index is 12.6. The third-order valence-electron chi connectivity index (χ3n) is 3.76. The number of carbonyl (C=O) groups is 2. The third-order valence-corrected chi connectivity index (χ3v) is 3.76. The van der Waals surface area contributed by atoms with Gasteiger partial charge in [0, 0.05) is 23.3 Å². The van der Waals surface area contributed by atoms with E-state index in [1.807, 2.05) is 12.1 Å². The molecule has 2 heterocycles. The van der Waals surface area contributed by atoms with Gasteiger partial charge in [-0.05, 0) is 23.6 Å². The van der Waals surface area contributed by atoms with Gasteiger partial charge in [-0.25, -0.2) is 0 Å². The van der Waals surface area contributed by atoms with Crippen LogP contribution in [0.1, 0.15) is 26.3 Å². The fourth-order valence-electron chi connectivity index (χ4n) is 2.70. The molecule has 0 atom stereocenters. The molecule has 1 aliphatic rings. The van der Waals surface area contributed by atoms with Crippen molar-refractivity contribution in [1.82, 2.24) is 9.99 Å². The second-order valence-corrected chi connectivity index (χ2v) is 5.16. The maximum Gasteiger partial charge on any atom is 0.282 e. The van der Waals surface area contributed by atoms with E-state index < -0.39 is 11.8 Å². The summed E-state index contributed by atoms with van der Waals surface area (Å²) in [4.78, 5) is 29.2. The molecule has 0 saturated carbocycles. The largest absolute Gasteiger partial charge is 0.282 e. The van der Waals surface area contributed by atoms with E-state index in [9.17, 15) is 9.59 Å². The van der Waals surface area contributed by atoms with Crippen LogP contribution in [0, 0.1) is 0 Å². The smallest absolute Gasteiger partial charge is 0.267 e. The number of pyridine rings is 1. The summed E-state index contributed by atoms with van der Waals surface area (Å²) in [6, 6.07) is 14.4. The van der Waals surface area contributed by atoms with Gasteiger partial charge in [0.25, 0.3) is 11.8 Å². The van der Waals surface area contributed by atoms with Crippen LogP contribution < -0.4 is 0 Å². The van der Waals surface area contributed by atoms with E-state index in [4.69, 9.17) is 0 Å². The van der Waals surface area contributed by atoms with Crippen LogP contribution in [0.25, 0.3) is 10.8 Å². The Balaban J connectivity index is 1.82. The minimum atomic E-state index is -0.417. The fraction of sp³-hybridized carbons (Fsp3) is 0. The van der Waals surface area contributed by atoms with Crippen molar-refractivity contribution >= 4 is 28.8 Å². The van der Waals surface area contributed by atoms with Crippen LogP contribution in [0.15, 0.2) is 66.0 Å². The average molecular weight is 301 g/mol. The van der Waals surface area contributed by atoms with Crippen LogP contribution in [0.5, 0.6) is 0 Å². The molecule has 5 nitrogen and oxygen atoms in total. The zero-order valence-electron chi connectivity index (χ0n) is 12.0. The van der Waals surface area contributed by atoms with Crippen molar-refractivity contribution in [3.63, 3.8) is 0 Å². The predicted molar refractivity (Wildman–Crippen MR) is 86.3 cm³/mol. The van der Waals surface area contributed by atoms with Crippen molar-refractivity contribution in [3.05, 3.63) is 77.6 Å². The quantitative estimate of drug-likeness (QED) is 0.540. The van der Waals surface area contributed by atoms with Crippen molar-refractivity contribution in [2.45, 2.75) is 0 Å². The summed E-state index contributed by atoms with van der Waals surface area (Å²) >= 11 is 0. The highest BCUT2D eigenvalue weighted by Crippen LogP contribution is 2.29. The van der Waals surface area contributed by atoms with Crippen molar-refractivity contribution in [2.75, 3.05) is 0 Å². The molecule has 4 rings (SSSR count). The molecule has 1 aliphatic heterocycles. The molecular formula is C18H11N3O2. The van der Waals surface area contributed by atoms with Crippen LogP contribution in [0.2, 0.25) is 0 Å². The highest BCUT2D eigenvalue weighted by Gasteiger charge is 2.32. The summed E-state index contributed by atoms with van der Waals surface area (Å²) in [6.45, 7) is 0. The third kappa shape index (κ3) is 2.10. The summed E-state index contributed by atoms with van der Waals surface area (Å²) in [5.41, 5.74) is 1.69. The molecule has 0 bridgehead atoms. The molecule has 0 N–H and O–H groups in total. The lowest BCUT2D eigenvalue weighted by atomic mass is 9.95. The first kappa shape index (κ1) is 13.3. The number of nitrogens with zero attached hydrogens (tertiary/aromatic N) is 3.